The summed E-state index contributed by atoms with van der Waals surface area (Å²) >= 11 is 0. The van der Waals surface area contributed by atoms with Crippen LogP contribution in [0.1, 0.15) is 20.3 Å². The van der Waals surface area contributed by atoms with Gasteiger partial charge in [0.2, 0.25) is 0 Å². The third kappa shape index (κ3) is 3.38. The van der Waals surface area contributed by atoms with Crippen LogP contribution in [0, 0.1) is 5.92 Å². The van der Waals surface area contributed by atoms with Gasteiger partial charge in [-0.1, -0.05) is 38.1 Å². The van der Waals surface area contributed by atoms with E-state index in [1.54, 1.807) is 24.3 Å². The summed E-state index contributed by atoms with van der Waals surface area (Å²) < 4.78 is 5.30. The van der Waals surface area contributed by atoms with E-state index in [1.807, 2.05) is 38.1 Å². The van der Waals surface area contributed by atoms with Gasteiger partial charge < -0.3 is 9.84 Å². The second kappa shape index (κ2) is 6.24. The number of rotatable bonds is 4. The lowest BCUT2D eigenvalue weighted by Gasteiger charge is -2.09. The van der Waals surface area contributed by atoms with Crippen LogP contribution in [-0.4, -0.2) is 11.1 Å². The molecule has 0 aliphatic heterocycles. The van der Waals surface area contributed by atoms with Gasteiger partial charge in [-0.3, -0.25) is 4.79 Å². The van der Waals surface area contributed by atoms with Crippen LogP contribution in [0.3, 0.4) is 0 Å². The maximum atomic E-state index is 11.7. The summed E-state index contributed by atoms with van der Waals surface area (Å²) in [5, 5.41) is 9.26. The standard InChI is InChI=1S/C17H18O3/c1-3-12(2)17(19)20-16-10-6-14(7-11-16)13-4-8-15(18)9-5-13/h4-12,18H,3H2,1-2H3. The molecule has 0 bridgehead atoms. The second-order valence-electron chi connectivity index (χ2n) is 4.80. The van der Waals surface area contributed by atoms with Crippen LogP contribution in [-0.2, 0) is 4.79 Å². The Labute approximate surface area is 118 Å². The van der Waals surface area contributed by atoms with Gasteiger partial charge in [0, 0.05) is 0 Å². The molecule has 20 heavy (non-hydrogen) atoms. The normalized spacial score (nSPS) is 11.9. The zero-order valence-electron chi connectivity index (χ0n) is 11.7. The lowest BCUT2D eigenvalue weighted by molar-refractivity contribution is -0.138. The number of phenolic OH excluding ortho intramolecular Hbond substituents is 1. The summed E-state index contributed by atoms with van der Waals surface area (Å²) in [4.78, 5) is 11.7. The average Bonchev–Trinajstić information content (AvgIpc) is 2.48. The van der Waals surface area contributed by atoms with Crippen molar-refractivity contribution in [2.24, 2.45) is 5.92 Å². The van der Waals surface area contributed by atoms with E-state index >= 15 is 0 Å². The Hall–Kier alpha value is -2.29. The number of benzene rings is 2. The average molecular weight is 270 g/mol. The van der Waals surface area contributed by atoms with Crippen LogP contribution < -0.4 is 4.74 Å². The van der Waals surface area contributed by atoms with E-state index < -0.39 is 0 Å². The molecule has 0 fully saturated rings. The van der Waals surface area contributed by atoms with Crippen molar-refractivity contribution in [2.45, 2.75) is 20.3 Å². The fourth-order valence-electron chi connectivity index (χ4n) is 1.75. The highest BCUT2D eigenvalue weighted by molar-refractivity contribution is 5.75. The van der Waals surface area contributed by atoms with E-state index in [1.165, 1.54) is 0 Å². The van der Waals surface area contributed by atoms with Crippen LogP contribution in [0.15, 0.2) is 48.5 Å². The summed E-state index contributed by atoms with van der Waals surface area (Å²) in [7, 11) is 0. The number of ether oxygens (including phenoxy) is 1. The molecule has 3 heteroatoms. The molecular weight excluding hydrogens is 252 g/mol. The molecule has 0 aliphatic carbocycles. The van der Waals surface area contributed by atoms with Gasteiger partial charge in [0.1, 0.15) is 11.5 Å². The number of phenols is 1. The third-order valence-electron chi connectivity index (χ3n) is 3.29. The zero-order valence-corrected chi connectivity index (χ0v) is 11.7. The Bertz CT molecular complexity index is 570. The first-order valence-electron chi connectivity index (χ1n) is 6.71. The summed E-state index contributed by atoms with van der Waals surface area (Å²) in [6.45, 7) is 3.81. The molecule has 0 radical (unpaired) electrons. The quantitative estimate of drug-likeness (QED) is 0.674. The molecule has 2 aromatic rings. The van der Waals surface area contributed by atoms with Gasteiger partial charge in [-0.2, -0.15) is 0 Å². The molecule has 1 N–H and O–H groups in total. The molecule has 1 unspecified atom stereocenters. The summed E-state index contributed by atoms with van der Waals surface area (Å²) in [6.07, 6.45) is 0.768. The van der Waals surface area contributed by atoms with Crippen molar-refractivity contribution in [3.8, 4) is 22.6 Å². The van der Waals surface area contributed by atoms with Gasteiger partial charge in [-0.05, 0) is 41.8 Å². The SMILES string of the molecule is CCC(C)C(=O)Oc1ccc(-c2ccc(O)cc2)cc1. The first-order chi connectivity index (χ1) is 9.60. The van der Waals surface area contributed by atoms with E-state index in [0.29, 0.717) is 5.75 Å². The smallest absolute Gasteiger partial charge is 0.314 e. The third-order valence-corrected chi connectivity index (χ3v) is 3.29. The van der Waals surface area contributed by atoms with Crippen LogP contribution in [0.2, 0.25) is 0 Å². The molecule has 0 heterocycles. The molecule has 0 saturated carbocycles. The fourth-order valence-corrected chi connectivity index (χ4v) is 1.75. The van der Waals surface area contributed by atoms with Crippen LogP contribution >= 0.6 is 0 Å². The second-order valence-corrected chi connectivity index (χ2v) is 4.80. The molecule has 3 nitrogen and oxygen atoms in total. The van der Waals surface area contributed by atoms with Crippen LogP contribution in [0.4, 0.5) is 0 Å². The van der Waals surface area contributed by atoms with Crippen molar-refractivity contribution < 1.29 is 14.6 Å². The van der Waals surface area contributed by atoms with Gasteiger partial charge in [0.25, 0.3) is 0 Å². The molecule has 2 rings (SSSR count). The fraction of sp³-hybridized carbons (Fsp3) is 0.235. The lowest BCUT2D eigenvalue weighted by atomic mass is 10.1. The van der Waals surface area contributed by atoms with Crippen molar-refractivity contribution >= 4 is 5.97 Å². The Balaban J connectivity index is 2.10. The Morgan fingerprint density at radius 1 is 1.05 bits per heavy atom. The van der Waals surface area contributed by atoms with E-state index in [2.05, 4.69) is 0 Å². The van der Waals surface area contributed by atoms with E-state index in [9.17, 15) is 9.90 Å². The number of aromatic hydroxyl groups is 1. The Kier molecular flexibility index (Phi) is 4.41. The number of carbonyl (C=O) groups excluding carboxylic acids is 1. The van der Waals surface area contributed by atoms with Gasteiger partial charge in [0.15, 0.2) is 0 Å². The number of carbonyl (C=O) groups is 1. The Morgan fingerprint density at radius 2 is 1.55 bits per heavy atom. The van der Waals surface area contributed by atoms with Crippen molar-refractivity contribution in [3.63, 3.8) is 0 Å². The largest absolute Gasteiger partial charge is 0.508 e. The minimum absolute atomic E-state index is 0.0909. The predicted octanol–water partition coefficient (Wildman–Crippen LogP) is 4.01. The van der Waals surface area contributed by atoms with Gasteiger partial charge >= 0.3 is 5.97 Å². The number of esters is 1. The van der Waals surface area contributed by atoms with E-state index in [0.717, 1.165) is 17.5 Å². The molecule has 2 aromatic carbocycles. The van der Waals surface area contributed by atoms with Crippen molar-refractivity contribution in [1.29, 1.82) is 0 Å². The highest BCUT2D eigenvalue weighted by atomic mass is 16.5. The summed E-state index contributed by atoms with van der Waals surface area (Å²) in [5.41, 5.74) is 2.01. The molecule has 0 aliphatic rings. The minimum atomic E-state index is -0.204. The van der Waals surface area contributed by atoms with Crippen molar-refractivity contribution in [1.82, 2.24) is 0 Å². The summed E-state index contributed by atoms with van der Waals surface area (Å²) in [5.74, 6) is 0.502. The predicted molar refractivity (Wildman–Crippen MR) is 78.6 cm³/mol. The first kappa shape index (κ1) is 14.1. The monoisotopic (exact) mass is 270 g/mol. The molecule has 0 saturated heterocycles. The number of hydrogen-bond acceptors (Lipinski definition) is 3. The van der Waals surface area contributed by atoms with Gasteiger partial charge in [-0.25, -0.2) is 0 Å². The molecule has 0 amide bonds. The molecule has 104 valence electrons. The maximum Gasteiger partial charge on any atom is 0.314 e. The van der Waals surface area contributed by atoms with Crippen molar-refractivity contribution in [3.05, 3.63) is 48.5 Å². The van der Waals surface area contributed by atoms with Crippen LogP contribution in [0.5, 0.6) is 11.5 Å². The zero-order chi connectivity index (χ0) is 14.5. The van der Waals surface area contributed by atoms with E-state index in [-0.39, 0.29) is 17.6 Å². The summed E-state index contributed by atoms with van der Waals surface area (Å²) in [6, 6.07) is 14.3. The van der Waals surface area contributed by atoms with Crippen LogP contribution in [0.25, 0.3) is 11.1 Å². The minimum Gasteiger partial charge on any atom is -0.508 e. The highest BCUT2D eigenvalue weighted by Crippen LogP contribution is 2.24. The molecule has 1 atom stereocenters. The Morgan fingerprint density at radius 3 is 2.05 bits per heavy atom. The molecule has 0 aromatic heterocycles. The maximum absolute atomic E-state index is 11.7. The topological polar surface area (TPSA) is 46.5 Å². The van der Waals surface area contributed by atoms with E-state index in [4.69, 9.17) is 4.74 Å². The van der Waals surface area contributed by atoms with Crippen molar-refractivity contribution in [2.75, 3.05) is 0 Å². The number of hydrogen-bond donors (Lipinski definition) is 1. The van der Waals surface area contributed by atoms with Gasteiger partial charge in [-0.15, -0.1) is 0 Å². The molecule has 0 spiro atoms. The highest BCUT2D eigenvalue weighted by Gasteiger charge is 2.12. The van der Waals surface area contributed by atoms with Gasteiger partial charge in [0.05, 0.1) is 5.92 Å². The lowest BCUT2D eigenvalue weighted by Crippen LogP contribution is -2.16. The first-order valence-corrected chi connectivity index (χ1v) is 6.71. The molecular formula is C17H18O3.